The maximum absolute atomic E-state index is 14.5. The van der Waals surface area contributed by atoms with Gasteiger partial charge in [0.15, 0.2) is 17.5 Å². The van der Waals surface area contributed by atoms with E-state index in [1.807, 2.05) is 100 Å². The lowest BCUT2D eigenvalue weighted by Gasteiger charge is -2.26. The van der Waals surface area contributed by atoms with Crippen LogP contribution in [0.25, 0.3) is 100 Å². The van der Waals surface area contributed by atoms with E-state index < -0.39 is 23.5 Å². The molecule has 0 amide bonds. The van der Waals surface area contributed by atoms with Gasteiger partial charge in [-0.1, -0.05) is 150 Å². The number of fused-ring (bicyclic) bond motifs is 6. The van der Waals surface area contributed by atoms with Crippen LogP contribution >= 0.6 is 0 Å². The number of para-hydroxylation sites is 3. The van der Waals surface area contributed by atoms with Gasteiger partial charge in [0.2, 0.25) is 0 Å². The first kappa shape index (κ1) is 53.9. The maximum atomic E-state index is 14.5. The Kier molecular flexibility index (Phi) is 12.7. The summed E-state index contributed by atoms with van der Waals surface area (Å²) < 4.78 is 90.7. The summed E-state index contributed by atoms with van der Waals surface area (Å²) in [4.78, 5) is 16.2. The molecule has 11 rings (SSSR count). The highest BCUT2D eigenvalue weighted by Crippen LogP contribution is 2.45. The van der Waals surface area contributed by atoms with E-state index in [9.17, 15) is 26.3 Å². The van der Waals surface area contributed by atoms with Crippen LogP contribution in [0, 0.1) is 0 Å². The normalized spacial score (nSPS) is 13.1. The first-order chi connectivity index (χ1) is 37.4. The molecule has 0 aliphatic rings. The SMILES string of the molecule is CC(C)(C)c1cc(-c2nc(-c3cc(C(C)(C)C)cc(C(C)(C)C)c3)nc(-c3ccc(-n4c5ccccc5c5cc(C(F)(F)F)ccc54)c(-c4ccccc4-n4c5ccccc5c5cc(C(F)(F)F)ccc54)c3)n2)cc(C(C)(C)C)c1. The number of halogens is 6. The van der Waals surface area contributed by atoms with Crippen LogP contribution in [0.5, 0.6) is 0 Å². The fourth-order valence-electron chi connectivity index (χ4n) is 10.8. The Hall–Kier alpha value is -8.05. The quantitative estimate of drug-likeness (QED) is 0.156. The molecule has 0 unspecified atom stereocenters. The van der Waals surface area contributed by atoms with E-state index >= 15 is 0 Å². The molecule has 0 aliphatic heterocycles. The first-order valence-electron chi connectivity index (χ1n) is 27.0. The van der Waals surface area contributed by atoms with Gasteiger partial charge in [-0.15, -0.1) is 0 Å². The van der Waals surface area contributed by atoms with E-state index in [0.29, 0.717) is 89.2 Å². The summed E-state index contributed by atoms with van der Waals surface area (Å²) in [6.45, 7) is 26.3. The minimum atomic E-state index is -4.58. The third kappa shape index (κ3) is 9.83. The molecule has 0 fully saturated rings. The van der Waals surface area contributed by atoms with Gasteiger partial charge in [0.05, 0.1) is 44.6 Å². The zero-order valence-corrected chi connectivity index (χ0v) is 47.1. The molecule has 0 N–H and O–H groups in total. The molecule has 3 aromatic heterocycles. The lowest BCUT2D eigenvalue weighted by Crippen LogP contribution is -2.17. The smallest absolute Gasteiger partial charge is 0.309 e. The van der Waals surface area contributed by atoms with Crippen molar-refractivity contribution in [2.24, 2.45) is 0 Å². The van der Waals surface area contributed by atoms with Crippen LogP contribution < -0.4 is 0 Å². The monoisotopic (exact) mass is 1080 g/mol. The fraction of sp³-hybridized carbons (Fsp3) is 0.261. The summed E-state index contributed by atoms with van der Waals surface area (Å²) >= 11 is 0. The number of alkyl halides is 6. The molecule has 0 saturated carbocycles. The van der Waals surface area contributed by atoms with Gasteiger partial charge in [-0.2, -0.15) is 26.3 Å². The number of hydrogen-bond acceptors (Lipinski definition) is 3. The van der Waals surface area contributed by atoms with Gasteiger partial charge in [-0.25, -0.2) is 15.0 Å². The molecule has 80 heavy (non-hydrogen) atoms. The van der Waals surface area contributed by atoms with E-state index in [1.165, 1.54) is 24.3 Å². The highest BCUT2D eigenvalue weighted by Gasteiger charge is 2.34. The van der Waals surface area contributed by atoms with Crippen LogP contribution in [0.3, 0.4) is 0 Å². The van der Waals surface area contributed by atoms with Crippen LogP contribution in [-0.2, 0) is 34.0 Å². The molecule has 11 heteroatoms. The molecule has 0 radical (unpaired) electrons. The first-order valence-corrected chi connectivity index (χ1v) is 27.0. The second kappa shape index (κ2) is 18.8. The van der Waals surface area contributed by atoms with Gasteiger partial charge in [-0.05, 0) is 141 Å². The van der Waals surface area contributed by atoms with E-state index in [2.05, 4.69) is 119 Å². The van der Waals surface area contributed by atoms with Gasteiger partial charge in [0.1, 0.15) is 0 Å². The van der Waals surface area contributed by atoms with Crippen LogP contribution in [0.4, 0.5) is 26.3 Å². The maximum Gasteiger partial charge on any atom is 0.416 e. The molecule has 11 aromatic rings. The highest BCUT2D eigenvalue weighted by molar-refractivity contribution is 6.12. The Morgan fingerprint density at radius 1 is 0.287 bits per heavy atom. The van der Waals surface area contributed by atoms with Crippen molar-refractivity contribution in [3.05, 3.63) is 197 Å². The third-order valence-corrected chi connectivity index (χ3v) is 15.4. The van der Waals surface area contributed by atoms with Gasteiger partial charge < -0.3 is 9.13 Å². The van der Waals surface area contributed by atoms with Crippen molar-refractivity contribution in [3.63, 3.8) is 0 Å². The second-order valence-corrected chi connectivity index (χ2v) is 25.3. The van der Waals surface area contributed by atoms with Gasteiger partial charge >= 0.3 is 12.4 Å². The third-order valence-electron chi connectivity index (χ3n) is 15.4. The van der Waals surface area contributed by atoms with E-state index in [-0.39, 0.29) is 21.7 Å². The second-order valence-electron chi connectivity index (χ2n) is 25.3. The zero-order valence-electron chi connectivity index (χ0n) is 47.1. The molecule has 0 bridgehead atoms. The van der Waals surface area contributed by atoms with Gasteiger partial charge in [0, 0.05) is 49.4 Å². The van der Waals surface area contributed by atoms with Crippen molar-refractivity contribution in [1.29, 1.82) is 0 Å². The summed E-state index contributed by atoms with van der Waals surface area (Å²) in [5.41, 5.74) is 9.58. The van der Waals surface area contributed by atoms with Crippen LogP contribution in [0.2, 0.25) is 0 Å². The van der Waals surface area contributed by atoms with Crippen molar-refractivity contribution in [2.45, 2.75) is 117 Å². The van der Waals surface area contributed by atoms with Gasteiger partial charge in [0.25, 0.3) is 0 Å². The molecule has 406 valence electrons. The minimum Gasteiger partial charge on any atom is -0.309 e. The highest BCUT2D eigenvalue weighted by atomic mass is 19.4. The molecule has 5 nitrogen and oxygen atoms in total. The van der Waals surface area contributed by atoms with E-state index in [4.69, 9.17) is 15.0 Å². The van der Waals surface area contributed by atoms with Crippen molar-refractivity contribution in [3.8, 4) is 56.7 Å². The molecule has 0 spiro atoms. The Balaban J connectivity index is 1.25. The largest absolute Gasteiger partial charge is 0.416 e. The number of hydrogen-bond donors (Lipinski definition) is 0. The van der Waals surface area contributed by atoms with Crippen molar-refractivity contribution >= 4 is 43.6 Å². The van der Waals surface area contributed by atoms with Crippen LogP contribution in [0.15, 0.2) is 164 Å². The van der Waals surface area contributed by atoms with E-state index in [0.717, 1.165) is 45.5 Å². The number of benzene rings is 8. The summed E-state index contributed by atoms with van der Waals surface area (Å²) in [5.74, 6) is 1.36. The predicted octanol–water partition coefficient (Wildman–Crippen LogP) is 20.0. The Morgan fingerprint density at radius 3 is 1.04 bits per heavy atom. The van der Waals surface area contributed by atoms with Gasteiger partial charge in [-0.3, -0.25) is 0 Å². The fourth-order valence-corrected chi connectivity index (χ4v) is 10.8. The number of aromatic nitrogens is 5. The van der Waals surface area contributed by atoms with Crippen LogP contribution in [0.1, 0.15) is 116 Å². The molecule has 0 saturated heterocycles. The summed E-state index contributed by atoms with van der Waals surface area (Å²) in [6, 6.07) is 49.4. The summed E-state index contributed by atoms with van der Waals surface area (Å²) in [7, 11) is 0. The number of nitrogens with zero attached hydrogens (tertiary/aromatic N) is 5. The lowest BCUT2D eigenvalue weighted by molar-refractivity contribution is -0.138. The summed E-state index contributed by atoms with van der Waals surface area (Å²) in [5, 5.41) is 2.13. The Bertz CT molecular complexity index is 4100. The Labute approximate surface area is 463 Å². The lowest BCUT2D eigenvalue weighted by atomic mass is 9.79. The molecule has 0 aliphatic carbocycles. The van der Waals surface area contributed by atoms with E-state index in [1.54, 1.807) is 0 Å². The predicted molar refractivity (Wildman–Crippen MR) is 315 cm³/mol. The standard InChI is InChI=1S/C69H63F6N5/c1-64(2,3)45-31-41(32-46(36-45)65(4,5)6)62-76-61(77-63(78-62)42-33-47(66(7,8)9)37-48(34-42)67(10,11)12)40-25-28-58(80-57-24-18-15-21-51(57)54-39-44(69(73,74)75)27-30-60(54)80)52(35-40)49-19-13-16-22-55(49)79-56-23-17-14-20-50(56)53-38-43(68(70,71)72)26-29-59(53)79/h13-39H,1-12H3. The molecular weight excluding hydrogens is 1010 g/mol. The van der Waals surface area contributed by atoms with Crippen molar-refractivity contribution in [1.82, 2.24) is 24.1 Å². The zero-order chi connectivity index (χ0) is 57.2. The number of rotatable bonds is 6. The average Bonchev–Trinajstić information content (AvgIpc) is 3.99. The van der Waals surface area contributed by atoms with Crippen molar-refractivity contribution < 1.29 is 26.3 Å². The molecule has 3 heterocycles. The summed E-state index contributed by atoms with van der Waals surface area (Å²) in [6.07, 6.45) is -9.16. The molecule has 8 aromatic carbocycles. The van der Waals surface area contributed by atoms with Crippen LogP contribution in [-0.4, -0.2) is 24.1 Å². The average molecular weight is 1080 g/mol. The Morgan fingerprint density at radius 2 is 0.637 bits per heavy atom. The topological polar surface area (TPSA) is 48.5 Å². The van der Waals surface area contributed by atoms with Crippen molar-refractivity contribution in [2.75, 3.05) is 0 Å². The molecule has 0 atom stereocenters. The molecular formula is C69H63F6N5. The minimum absolute atomic E-state index is 0.215.